The molecule has 0 aromatic carbocycles. The van der Waals surface area contributed by atoms with Crippen LogP contribution in [0.15, 0.2) is 0 Å². The van der Waals surface area contributed by atoms with Crippen molar-refractivity contribution in [1.29, 1.82) is 2.56 Å². The van der Waals surface area contributed by atoms with Crippen molar-refractivity contribution in [2.45, 2.75) is 180 Å². The van der Waals surface area contributed by atoms with Gasteiger partial charge in [-0.25, -0.2) is 6.57 Å². The summed E-state index contributed by atoms with van der Waals surface area (Å²) in [4.78, 5) is 55.8. The van der Waals surface area contributed by atoms with Gasteiger partial charge in [0.1, 0.15) is 36.7 Å². The molecule has 3 aliphatic rings. The van der Waals surface area contributed by atoms with Crippen molar-refractivity contribution in [2.24, 2.45) is 53.1 Å². The Bertz CT molecular complexity index is 1180. The van der Waals surface area contributed by atoms with Crippen LogP contribution in [0.1, 0.15) is 125 Å². The van der Waals surface area contributed by atoms with Crippen LogP contribution in [-0.2, 0) is 47.2 Å². The number of carboxylic acids is 1. The number of aliphatic carboxylic acids is 1. The Morgan fingerprint density at radius 2 is 1.13 bits per heavy atom. The number of cyclic esters (lactones) is 3. The fourth-order valence-corrected chi connectivity index (χ4v) is 4.73. The van der Waals surface area contributed by atoms with Gasteiger partial charge < -0.3 is 59.4 Å². The molecular formula is C41H86Cl3N3O12P2. The Hall–Kier alpha value is -1.43. The zero-order valence-corrected chi connectivity index (χ0v) is 43.2. The van der Waals surface area contributed by atoms with E-state index in [2.05, 4.69) is 10.6 Å². The van der Waals surface area contributed by atoms with E-state index in [4.69, 9.17) is 43.2 Å². The minimum Gasteiger partial charge on any atom is -0.544 e. The number of aliphatic hydroxyl groups excluding tert-OH is 1. The lowest BCUT2D eigenvalue weighted by molar-refractivity contribution is -0.450. The Labute approximate surface area is 394 Å². The molecule has 4 unspecified atom stereocenters. The zero-order chi connectivity index (χ0) is 47.5. The summed E-state index contributed by atoms with van der Waals surface area (Å²) in [6.45, 7) is 38.8. The van der Waals surface area contributed by atoms with Gasteiger partial charge in [-0.1, -0.05) is 76.7 Å². The van der Waals surface area contributed by atoms with Crippen molar-refractivity contribution in [3.8, 4) is 0 Å². The highest BCUT2D eigenvalue weighted by molar-refractivity contribution is 7.10. The average molecular weight is 985 g/mol. The number of ether oxygens (including phenoxy) is 3. The molecule has 3 saturated heterocycles. The maximum atomic E-state index is 10.8. The molecule has 368 valence electrons. The van der Waals surface area contributed by atoms with Crippen molar-refractivity contribution in [2.75, 3.05) is 0 Å². The third kappa shape index (κ3) is 30.4. The predicted octanol–water partition coefficient (Wildman–Crippen LogP) is 5.74. The third-order valence-electron chi connectivity index (χ3n) is 11.0. The van der Waals surface area contributed by atoms with E-state index in [1.165, 1.54) is 6.92 Å². The van der Waals surface area contributed by atoms with Crippen LogP contribution in [0.2, 0.25) is 0 Å². The van der Waals surface area contributed by atoms with Gasteiger partial charge in [-0.3, -0.25) is 14.4 Å². The second kappa shape index (κ2) is 41.3. The summed E-state index contributed by atoms with van der Waals surface area (Å²) in [7, 11) is -0.503. The monoisotopic (exact) mass is 983 g/mol. The van der Waals surface area contributed by atoms with E-state index in [9.17, 15) is 29.1 Å². The lowest BCUT2D eigenvalue weighted by Gasteiger charge is -2.19. The van der Waals surface area contributed by atoms with Crippen molar-refractivity contribution < 1.29 is 63.2 Å². The molecule has 0 spiro atoms. The summed E-state index contributed by atoms with van der Waals surface area (Å²) in [5.74, 6) is -0.681. The van der Waals surface area contributed by atoms with Crippen LogP contribution in [0.4, 0.5) is 0 Å². The molecule has 15 nitrogen and oxygen atoms in total. The number of aldehydes is 1. The molecule has 6 N–H and O–H groups in total. The minimum absolute atomic E-state index is 0. The van der Waals surface area contributed by atoms with Gasteiger partial charge in [-0.15, -0.1) is 37.2 Å². The Morgan fingerprint density at radius 1 is 0.787 bits per heavy atom. The normalized spacial score (nSPS) is 28.6. The molecule has 0 saturated carbocycles. The SMILES string of the molecule is C.CC.CC1C(=O)O[C@@H](C)[C@@H]1C.C[C@@H]([C@H](C)O)[C@H]([NH3+])C(=O)[O-].C[C@H]1[C@H](C)OC(=O)[C@H]1C.C[C@H]1[C@H](C)OC(=O)[C@H]1N.Cl.Cl.Cl.[3H]PO[C@@H](C)[C@H](C)C(C)[N+]#[C-].[3H]PO[C@@H](C)[C@H](C)C=O. The first kappa shape index (κ1) is 71.2. The fraction of sp³-hybridized carbons (Fsp3) is 0.854. The number of carbonyl (C=O) groups excluding carboxylic acids is 5. The fourth-order valence-electron chi connectivity index (χ4n) is 4.30. The van der Waals surface area contributed by atoms with Gasteiger partial charge in [0.15, 0.2) is 0 Å². The smallest absolute Gasteiger partial charge is 0.323 e. The number of carboxylic acid groups (broad SMARTS) is 1. The number of esters is 3. The van der Waals surface area contributed by atoms with Crippen molar-refractivity contribution in [3.05, 3.63) is 11.4 Å². The second-order valence-electron chi connectivity index (χ2n) is 15.0. The average Bonchev–Trinajstić information content (AvgIpc) is 3.67. The number of rotatable bonds is 11. The molecule has 0 bridgehead atoms. The van der Waals surface area contributed by atoms with E-state index in [0.717, 1.165) is 6.29 Å². The van der Waals surface area contributed by atoms with Gasteiger partial charge in [0, 0.05) is 55.3 Å². The number of quaternary nitrogens is 1. The molecule has 0 amide bonds. The number of hydrogen-bond acceptors (Lipinski definition) is 13. The number of nitrogens with zero attached hydrogens (tertiary/aromatic N) is 1. The lowest BCUT2D eigenvalue weighted by atomic mass is 9.95. The van der Waals surface area contributed by atoms with E-state index in [1.807, 2.05) is 90.0 Å². The van der Waals surface area contributed by atoms with Crippen LogP contribution in [0.25, 0.3) is 4.85 Å². The summed E-state index contributed by atoms with van der Waals surface area (Å²) in [5, 5.41) is 19.1. The molecule has 3 aliphatic heterocycles. The van der Waals surface area contributed by atoms with Gasteiger partial charge in [0.2, 0.25) is 6.04 Å². The molecular weight excluding hydrogens is 895 g/mol. The van der Waals surface area contributed by atoms with Crippen molar-refractivity contribution in [3.63, 3.8) is 0 Å². The molecule has 0 aromatic rings. The summed E-state index contributed by atoms with van der Waals surface area (Å²) in [6.07, 6.45) is 0.325. The van der Waals surface area contributed by atoms with E-state index in [0.29, 0.717) is 11.8 Å². The summed E-state index contributed by atoms with van der Waals surface area (Å²) < 4.78 is 38.2. The Morgan fingerprint density at radius 3 is 1.30 bits per heavy atom. The van der Waals surface area contributed by atoms with Crippen LogP contribution in [-0.4, -0.2) is 92.6 Å². The van der Waals surface area contributed by atoms with Crippen molar-refractivity contribution in [1.82, 2.24) is 0 Å². The summed E-state index contributed by atoms with van der Waals surface area (Å²) >= 11 is 0. The molecule has 61 heavy (non-hydrogen) atoms. The van der Waals surface area contributed by atoms with E-state index in [1.54, 1.807) is 20.8 Å². The van der Waals surface area contributed by atoms with Gasteiger partial charge in [-0.05, 0) is 41.5 Å². The molecule has 0 aliphatic carbocycles. The summed E-state index contributed by atoms with van der Waals surface area (Å²) in [5.41, 5.74) is 8.77. The molecule has 3 rings (SSSR count). The van der Waals surface area contributed by atoms with Gasteiger partial charge in [0.25, 0.3) is 0 Å². The summed E-state index contributed by atoms with van der Waals surface area (Å²) in [6, 6.07) is -1.25. The Kier molecular flexibility index (Phi) is 48.2. The number of aliphatic hydroxyl groups is 1. The zero-order valence-electron chi connectivity index (χ0n) is 40.8. The van der Waals surface area contributed by atoms with Gasteiger partial charge in [-0.2, -0.15) is 0 Å². The maximum absolute atomic E-state index is 10.8. The topological polar surface area (TPSA) is 233 Å². The quantitative estimate of drug-likeness (QED) is 0.0739. The molecule has 20 heteroatoms. The standard InChI is InChI=1S/C7H14NOP.2C7H12O2.C6H13NO3.C6H11NO2.C5H11O2P.C2H6.CH4.3ClH/c1-5(6(2)8-4)7(3)9-10;2*1-4-5(2)7(8)9-6(4)3;1-3(4(2)8)5(7)6(9)10;1-3-4(2)9-6(8)5(3)7;1-4(3-6)5(2)7-8;1-2;;;;/h5-7H,10H2,1-3H3;2*4-6H,1-3H3;3-5,8H,7H2,1-2H3,(H,9,10);3-5H,7H2,1-2H3;3-5H,8H2,1-2H3;1-2H3;1H4;3*1H/t5-,6?,7+;4-,5?,6+;4-,5+,6+;2*3-,4-,5-;4-,5+;;;;;/m111001...../s1/i10T;;;;;8T;;;;;/t5-,6?,7+,10?;;;2m;4-,5+,8?;;;;;. The highest BCUT2D eigenvalue weighted by atomic mass is 35.5. The number of hydrogen-bond donors (Lipinski definition) is 3. The van der Waals surface area contributed by atoms with Crippen LogP contribution >= 0.6 is 56.0 Å². The first-order chi connectivity index (χ1) is 27.2. The second-order valence-corrected chi connectivity index (χ2v) is 15.5. The van der Waals surface area contributed by atoms with Crippen LogP contribution in [0.3, 0.4) is 0 Å². The Balaban J connectivity index is -0.0000000941. The number of halogens is 3. The minimum atomic E-state index is -1.21. The predicted molar refractivity (Wildman–Crippen MR) is 254 cm³/mol. The molecule has 3 heterocycles. The van der Waals surface area contributed by atoms with Crippen LogP contribution in [0, 0.1) is 53.9 Å². The van der Waals surface area contributed by atoms with E-state index >= 15 is 0 Å². The molecule has 0 radical (unpaired) electrons. The van der Waals surface area contributed by atoms with Gasteiger partial charge >= 0.3 is 17.9 Å². The molecule has 0 aromatic heterocycles. The maximum Gasteiger partial charge on any atom is 0.323 e. The third-order valence-corrected chi connectivity index (χ3v) is 11.8. The first-order valence-electron chi connectivity index (χ1n) is 20.8. The molecule has 19 atom stereocenters. The highest BCUT2D eigenvalue weighted by Crippen LogP contribution is 2.27. The lowest BCUT2D eigenvalue weighted by Crippen LogP contribution is -2.72. The molecule has 3 fully saturated rings. The first-order valence-corrected chi connectivity index (χ1v) is 20.6. The van der Waals surface area contributed by atoms with E-state index < -0.39 is 24.2 Å². The largest absolute Gasteiger partial charge is 0.544 e. The van der Waals surface area contributed by atoms with Crippen LogP contribution in [0.5, 0.6) is 0 Å². The number of carbonyl (C=O) groups is 5. The van der Waals surface area contributed by atoms with E-state index in [-0.39, 0.29) is 153 Å². The number of nitrogens with two attached hydrogens (primary N) is 1. The van der Waals surface area contributed by atoms with Gasteiger partial charge in [0.05, 0.1) is 44.6 Å². The highest BCUT2D eigenvalue weighted by Gasteiger charge is 2.37. The van der Waals surface area contributed by atoms with Crippen molar-refractivity contribution >= 4 is 86.2 Å². The van der Waals surface area contributed by atoms with Crippen LogP contribution < -0.4 is 16.6 Å².